The molecule has 2 N–H and O–H groups in total. The van der Waals surface area contributed by atoms with Gasteiger partial charge >= 0.3 is 0 Å². The third kappa shape index (κ3) is 4.81. The second-order valence-corrected chi connectivity index (χ2v) is 8.48. The van der Waals surface area contributed by atoms with Gasteiger partial charge in [0.2, 0.25) is 10.0 Å². The van der Waals surface area contributed by atoms with Crippen molar-refractivity contribution < 1.29 is 13.2 Å². The number of ether oxygens (including phenoxy) is 1. The summed E-state index contributed by atoms with van der Waals surface area (Å²) in [6.45, 7) is 0.778. The van der Waals surface area contributed by atoms with Crippen LogP contribution in [0.5, 0.6) is 5.75 Å². The van der Waals surface area contributed by atoms with Crippen molar-refractivity contribution in [1.29, 1.82) is 0 Å². The SMILES string of the molecule is COc1ccccc1S(=O)(=O)NCCc1nnc2ccc(NCc3ccccc3)nn12. The molecule has 0 bridgehead atoms. The fourth-order valence-electron chi connectivity index (χ4n) is 3.09. The number of rotatable bonds is 9. The number of aromatic nitrogens is 4. The second-order valence-electron chi connectivity index (χ2n) is 6.74. The summed E-state index contributed by atoms with van der Waals surface area (Å²) in [4.78, 5) is 0.0918. The van der Waals surface area contributed by atoms with Gasteiger partial charge in [0.05, 0.1) is 7.11 Å². The fourth-order valence-corrected chi connectivity index (χ4v) is 4.29. The number of methoxy groups -OCH3 is 1. The summed E-state index contributed by atoms with van der Waals surface area (Å²) >= 11 is 0. The second kappa shape index (κ2) is 9.11. The lowest BCUT2D eigenvalue weighted by atomic mass is 10.2. The van der Waals surface area contributed by atoms with Crippen LogP contribution in [0.2, 0.25) is 0 Å². The molecule has 0 aliphatic carbocycles. The van der Waals surface area contributed by atoms with E-state index in [1.807, 2.05) is 42.5 Å². The molecule has 31 heavy (non-hydrogen) atoms. The monoisotopic (exact) mass is 438 g/mol. The van der Waals surface area contributed by atoms with Crippen molar-refractivity contribution in [1.82, 2.24) is 24.5 Å². The molecule has 0 saturated heterocycles. The zero-order valence-corrected chi connectivity index (χ0v) is 17.7. The van der Waals surface area contributed by atoms with Crippen LogP contribution in [0.15, 0.2) is 71.6 Å². The molecule has 2 aromatic heterocycles. The largest absolute Gasteiger partial charge is 0.495 e. The summed E-state index contributed by atoms with van der Waals surface area (Å²) in [5.74, 6) is 1.52. The topological polar surface area (TPSA) is 111 Å². The Morgan fingerprint density at radius 2 is 1.74 bits per heavy atom. The summed E-state index contributed by atoms with van der Waals surface area (Å²) in [6, 6.07) is 20.1. The van der Waals surface area contributed by atoms with E-state index in [0.717, 1.165) is 5.56 Å². The molecule has 0 unspecified atom stereocenters. The van der Waals surface area contributed by atoms with Crippen LogP contribution in [0, 0.1) is 0 Å². The van der Waals surface area contributed by atoms with E-state index in [1.54, 1.807) is 22.7 Å². The Bertz CT molecular complexity index is 1270. The number of benzene rings is 2. The average molecular weight is 439 g/mol. The molecule has 0 atom stereocenters. The Labute approximate surface area is 180 Å². The van der Waals surface area contributed by atoms with E-state index in [0.29, 0.717) is 36.0 Å². The number of sulfonamides is 1. The lowest BCUT2D eigenvalue weighted by molar-refractivity contribution is 0.402. The van der Waals surface area contributed by atoms with Gasteiger partial charge in [-0.3, -0.25) is 0 Å². The van der Waals surface area contributed by atoms with Gasteiger partial charge in [-0.05, 0) is 29.8 Å². The first-order chi connectivity index (χ1) is 15.1. The fraction of sp³-hybridized carbons (Fsp3) is 0.190. The van der Waals surface area contributed by atoms with Crippen molar-refractivity contribution in [2.75, 3.05) is 19.0 Å². The number of nitrogens with one attached hydrogen (secondary N) is 2. The van der Waals surface area contributed by atoms with Gasteiger partial charge in [0.25, 0.3) is 0 Å². The zero-order chi connectivity index (χ0) is 21.7. The van der Waals surface area contributed by atoms with Crippen molar-refractivity contribution in [3.05, 3.63) is 78.1 Å². The smallest absolute Gasteiger partial charge is 0.244 e. The molecule has 2 aromatic carbocycles. The Balaban J connectivity index is 1.44. The molecule has 160 valence electrons. The Hall–Kier alpha value is -3.50. The van der Waals surface area contributed by atoms with Gasteiger partial charge in [-0.15, -0.1) is 15.3 Å². The highest BCUT2D eigenvalue weighted by Crippen LogP contribution is 2.22. The van der Waals surface area contributed by atoms with Crippen molar-refractivity contribution in [2.45, 2.75) is 17.9 Å². The molecule has 4 aromatic rings. The summed E-state index contributed by atoms with van der Waals surface area (Å²) in [7, 11) is -2.29. The molecule has 10 heteroatoms. The van der Waals surface area contributed by atoms with Gasteiger partial charge in [-0.2, -0.15) is 4.52 Å². The first-order valence-corrected chi connectivity index (χ1v) is 11.2. The van der Waals surface area contributed by atoms with E-state index in [2.05, 4.69) is 25.3 Å². The molecule has 9 nitrogen and oxygen atoms in total. The highest BCUT2D eigenvalue weighted by atomic mass is 32.2. The van der Waals surface area contributed by atoms with Gasteiger partial charge in [-0.1, -0.05) is 42.5 Å². The van der Waals surface area contributed by atoms with E-state index >= 15 is 0 Å². The first kappa shape index (κ1) is 20.8. The average Bonchev–Trinajstić information content (AvgIpc) is 3.20. The van der Waals surface area contributed by atoms with Crippen LogP contribution in [-0.4, -0.2) is 41.9 Å². The van der Waals surface area contributed by atoms with Gasteiger partial charge in [0.1, 0.15) is 16.5 Å². The standard InChI is InChI=1S/C21H22N6O3S/c1-30-17-9-5-6-10-18(17)31(28,29)23-14-13-21-25-24-20-12-11-19(26-27(20)21)22-15-16-7-3-2-4-8-16/h2-12,23H,13-15H2,1H3,(H,22,26). The van der Waals surface area contributed by atoms with E-state index in [-0.39, 0.29) is 11.4 Å². The Morgan fingerprint density at radius 3 is 2.55 bits per heavy atom. The quantitative estimate of drug-likeness (QED) is 0.412. The van der Waals surface area contributed by atoms with Crippen molar-refractivity contribution >= 4 is 21.5 Å². The van der Waals surface area contributed by atoms with Gasteiger partial charge in [0.15, 0.2) is 11.5 Å². The molecule has 0 radical (unpaired) electrons. The Morgan fingerprint density at radius 1 is 0.968 bits per heavy atom. The van der Waals surface area contributed by atoms with Crippen molar-refractivity contribution in [2.24, 2.45) is 0 Å². The minimum absolute atomic E-state index is 0.0918. The third-order valence-electron chi connectivity index (χ3n) is 4.64. The van der Waals surface area contributed by atoms with E-state index in [1.165, 1.54) is 13.2 Å². The molecule has 0 amide bonds. The number of anilines is 1. The maximum Gasteiger partial charge on any atom is 0.244 e. The lowest BCUT2D eigenvalue weighted by Gasteiger charge is -2.10. The molecule has 2 heterocycles. The lowest BCUT2D eigenvalue weighted by Crippen LogP contribution is -2.27. The maximum atomic E-state index is 12.6. The zero-order valence-electron chi connectivity index (χ0n) is 16.9. The summed E-state index contributed by atoms with van der Waals surface area (Å²) < 4.78 is 34.6. The highest BCUT2D eigenvalue weighted by molar-refractivity contribution is 7.89. The van der Waals surface area contributed by atoms with Gasteiger partial charge < -0.3 is 10.1 Å². The number of hydrogen-bond donors (Lipinski definition) is 2. The van der Waals surface area contributed by atoms with Crippen LogP contribution in [0.1, 0.15) is 11.4 Å². The predicted octanol–water partition coefficient (Wildman–Crippen LogP) is 2.27. The first-order valence-electron chi connectivity index (χ1n) is 9.68. The molecule has 0 aliphatic rings. The van der Waals surface area contributed by atoms with Crippen molar-refractivity contribution in [3.63, 3.8) is 0 Å². The predicted molar refractivity (Wildman–Crippen MR) is 116 cm³/mol. The molecule has 0 aliphatic heterocycles. The number of nitrogens with zero attached hydrogens (tertiary/aromatic N) is 4. The molecule has 0 spiro atoms. The van der Waals surface area contributed by atoms with Crippen molar-refractivity contribution in [3.8, 4) is 5.75 Å². The number of fused-ring (bicyclic) bond motifs is 1. The van der Waals surface area contributed by atoms with Gasteiger partial charge in [-0.25, -0.2) is 13.1 Å². The van der Waals surface area contributed by atoms with Gasteiger partial charge in [0, 0.05) is 19.5 Å². The molecule has 0 fully saturated rings. The number of hydrogen-bond acceptors (Lipinski definition) is 7. The van der Waals surface area contributed by atoms with E-state index in [9.17, 15) is 8.42 Å². The van der Waals surface area contributed by atoms with E-state index < -0.39 is 10.0 Å². The third-order valence-corrected chi connectivity index (χ3v) is 6.14. The minimum atomic E-state index is -3.72. The molecule has 4 rings (SSSR count). The Kier molecular flexibility index (Phi) is 6.10. The van der Waals surface area contributed by atoms with Crippen LogP contribution < -0.4 is 14.8 Å². The van der Waals surface area contributed by atoms with Crippen LogP contribution in [0.3, 0.4) is 0 Å². The number of para-hydroxylation sites is 1. The maximum absolute atomic E-state index is 12.6. The summed E-state index contributed by atoms with van der Waals surface area (Å²) in [6.07, 6.45) is 0.324. The van der Waals surface area contributed by atoms with Crippen LogP contribution in [0.25, 0.3) is 5.65 Å². The molecular weight excluding hydrogens is 416 g/mol. The van der Waals surface area contributed by atoms with E-state index in [4.69, 9.17) is 4.74 Å². The van der Waals surface area contributed by atoms with Crippen LogP contribution in [-0.2, 0) is 23.0 Å². The summed E-state index contributed by atoms with van der Waals surface area (Å²) in [5.41, 5.74) is 1.73. The molecular formula is C21H22N6O3S. The van der Waals surface area contributed by atoms with Crippen LogP contribution in [0.4, 0.5) is 5.82 Å². The van der Waals surface area contributed by atoms with Crippen LogP contribution >= 0.6 is 0 Å². The summed E-state index contributed by atoms with van der Waals surface area (Å²) in [5, 5.41) is 16.1. The molecule has 0 saturated carbocycles. The normalized spacial score (nSPS) is 11.5. The highest BCUT2D eigenvalue weighted by Gasteiger charge is 2.19. The minimum Gasteiger partial charge on any atom is -0.495 e.